The van der Waals surface area contributed by atoms with Crippen molar-refractivity contribution in [1.82, 2.24) is 5.32 Å². The topological polar surface area (TPSA) is 70.0 Å². The molecule has 0 spiro atoms. The van der Waals surface area contributed by atoms with E-state index in [1.54, 1.807) is 18.4 Å². The minimum Gasteiger partial charge on any atom is -0.375 e. The molecule has 0 aliphatic heterocycles. The van der Waals surface area contributed by atoms with Gasteiger partial charge in [0, 0.05) is 11.6 Å². The molecule has 106 valence electrons. The van der Waals surface area contributed by atoms with E-state index >= 15 is 0 Å². The average molecular weight is 329 g/mol. The molecule has 0 aromatic heterocycles. The van der Waals surface area contributed by atoms with Gasteiger partial charge in [-0.05, 0) is 30.5 Å². The molecule has 1 aromatic carbocycles. The second kappa shape index (κ2) is 7.39. The highest BCUT2D eigenvalue weighted by molar-refractivity contribution is 8.04. The molecule has 0 bridgehead atoms. The van der Waals surface area contributed by atoms with E-state index in [0.29, 0.717) is 16.6 Å². The van der Waals surface area contributed by atoms with E-state index in [-0.39, 0.29) is 9.80 Å². The van der Waals surface area contributed by atoms with Crippen LogP contribution in [0.25, 0.3) is 0 Å². The summed E-state index contributed by atoms with van der Waals surface area (Å²) in [5.41, 5.74) is 0. The first-order chi connectivity index (χ1) is 9.47. The quantitative estimate of drug-likeness (QED) is 0.642. The van der Waals surface area contributed by atoms with Crippen molar-refractivity contribution >= 4 is 33.2 Å². The second-order valence-electron chi connectivity index (χ2n) is 3.60. The van der Waals surface area contributed by atoms with Crippen molar-refractivity contribution in [1.29, 1.82) is 5.26 Å². The van der Waals surface area contributed by atoms with Crippen molar-refractivity contribution < 1.29 is 8.42 Å². The van der Waals surface area contributed by atoms with Gasteiger partial charge in [0.25, 0.3) is 0 Å². The maximum Gasteiger partial charge on any atom is 0.219 e. The van der Waals surface area contributed by atoms with Crippen LogP contribution >= 0.6 is 23.4 Å². The van der Waals surface area contributed by atoms with E-state index < -0.39 is 9.84 Å². The number of thioether (sulfide) groups is 1. The van der Waals surface area contributed by atoms with Gasteiger partial charge in [-0.15, -0.1) is 18.3 Å². The highest BCUT2D eigenvalue weighted by atomic mass is 35.5. The summed E-state index contributed by atoms with van der Waals surface area (Å²) in [4.78, 5) is -0.278. The van der Waals surface area contributed by atoms with E-state index in [9.17, 15) is 13.7 Å². The summed E-state index contributed by atoms with van der Waals surface area (Å²) in [6.45, 7) is 3.91. The lowest BCUT2D eigenvalue weighted by Gasteiger charge is -2.10. The third-order valence-electron chi connectivity index (χ3n) is 2.31. The number of nitrogens with one attached hydrogen (secondary N) is 1. The molecule has 0 radical (unpaired) electrons. The van der Waals surface area contributed by atoms with E-state index in [1.165, 1.54) is 24.3 Å². The predicted molar refractivity (Wildman–Crippen MR) is 83.0 cm³/mol. The Labute approximate surface area is 128 Å². The molecule has 0 saturated carbocycles. The third-order valence-corrected chi connectivity index (χ3v) is 5.18. The van der Waals surface area contributed by atoms with Crippen LogP contribution < -0.4 is 5.32 Å². The highest BCUT2D eigenvalue weighted by Gasteiger charge is 2.24. The summed E-state index contributed by atoms with van der Waals surface area (Å²) in [6, 6.07) is 7.45. The molecule has 0 aliphatic rings. The first-order valence-electron chi connectivity index (χ1n) is 5.51. The van der Waals surface area contributed by atoms with Gasteiger partial charge in [-0.1, -0.05) is 17.7 Å². The van der Waals surface area contributed by atoms with Gasteiger partial charge in [0.15, 0.2) is 4.91 Å². The standard InChI is InChI=1S/C13H13ClN2O2S2/c1-3-8-16-13(19-2)12(9-15)20(17,18)11-6-4-10(14)5-7-11/h3-7,16H,1,8H2,2H3. The van der Waals surface area contributed by atoms with Gasteiger partial charge in [-0.2, -0.15) is 5.26 Å². The highest BCUT2D eigenvalue weighted by Crippen LogP contribution is 2.25. The van der Waals surface area contributed by atoms with Crippen molar-refractivity contribution in [2.24, 2.45) is 0 Å². The summed E-state index contributed by atoms with van der Waals surface area (Å²) in [6.07, 6.45) is 3.28. The number of nitrogens with zero attached hydrogens (tertiary/aromatic N) is 1. The Morgan fingerprint density at radius 3 is 2.55 bits per heavy atom. The van der Waals surface area contributed by atoms with Gasteiger partial charge in [0.1, 0.15) is 6.07 Å². The van der Waals surface area contributed by atoms with Gasteiger partial charge in [-0.25, -0.2) is 8.42 Å². The molecule has 0 aliphatic carbocycles. The SMILES string of the molecule is C=CCNC(SC)=C(C#N)S(=O)(=O)c1ccc(Cl)cc1. The van der Waals surface area contributed by atoms with Crippen LogP contribution in [0.3, 0.4) is 0 Å². The van der Waals surface area contributed by atoms with Crippen LogP contribution in [0, 0.1) is 11.3 Å². The molecule has 0 heterocycles. The fourth-order valence-electron chi connectivity index (χ4n) is 1.37. The first kappa shape index (κ1) is 16.6. The Kier molecular flexibility index (Phi) is 6.14. The molecule has 1 rings (SSSR count). The number of hydrogen-bond donors (Lipinski definition) is 1. The van der Waals surface area contributed by atoms with Gasteiger partial charge < -0.3 is 5.32 Å². The number of nitriles is 1. The number of benzene rings is 1. The molecular weight excluding hydrogens is 316 g/mol. The summed E-state index contributed by atoms with van der Waals surface area (Å²) < 4.78 is 24.9. The summed E-state index contributed by atoms with van der Waals surface area (Å²) >= 11 is 6.89. The molecule has 0 atom stereocenters. The van der Waals surface area contributed by atoms with Gasteiger partial charge in [-0.3, -0.25) is 0 Å². The number of hydrogen-bond acceptors (Lipinski definition) is 5. The van der Waals surface area contributed by atoms with Gasteiger partial charge >= 0.3 is 0 Å². The lowest BCUT2D eigenvalue weighted by atomic mass is 10.4. The molecule has 1 aromatic rings. The number of sulfone groups is 1. The Bertz CT molecular complexity index is 659. The number of halogens is 1. The minimum absolute atomic E-state index is 0.0328. The number of allylic oxidation sites excluding steroid dienone is 1. The van der Waals surface area contributed by atoms with Gasteiger partial charge in [0.05, 0.1) is 9.92 Å². The van der Waals surface area contributed by atoms with Crippen LogP contribution in [0.2, 0.25) is 5.02 Å². The number of rotatable bonds is 6. The summed E-state index contributed by atoms with van der Waals surface area (Å²) in [7, 11) is -3.87. The zero-order valence-electron chi connectivity index (χ0n) is 10.8. The lowest BCUT2D eigenvalue weighted by Crippen LogP contribution is -2.16. The van der Waals surface area contributed by atoms with Crippen molar-refractivity contribution in [2.75, 3.05) is 12.8 Å². The Hall–Kier alpha value is -1.42. The minimum atomic E-state index is -3.87. The summed E-state index contributed by atoms with van der Waals surface area (Å²) in [5, 5.41) is 12.8. The molecule has 0 fully saturated rings. The third kappa shape index (κ3) is 3.79. The van der Waals surface area contributed by atoms with Gasteiger partial charge in [0.2, 0.25) is 9.84 Å². The normalized spacial score (nSPS) is 12.2. The maximum atomic E-state index is 12.4. The monoisotopic (exact) mass is 328 g/mol. The zero-order chi connectivity index (χ0) is 15.2. The predicted octanol–water partition coefficient (Wildman–Crippen LogP) is 2.94. The average Bonchev–Trinajstić information content (AvgIpc) is 2.43. The Morgan fingerprint density at radius 2 is 2.10 bits per heavy atom. The molecule has 0 unspecified atom stereocenters. The van der Waals surface area contributed by atoms with Crippen molar-refractivity contribution in [3.8, 4) is 6.07 Å². The Morgan fingerprint density at radius 1 is 1.50 bits per heavy atom. The largest absolute Gasteiger partial charge is 0.375 e. The fraction of sp³-hybridized carbons (Fsp3) is 0.154. The van der Waals surface area contributed by atoms with Crippen molar-refractivity contribution in [2.45, 2.75) is 4.90 Å². The van der Waals surface area contributed by atoms with E-state index in [2.05, 4.69) is 11.9 Å². The molecule has 7 heteroatoms. The van der Waals surface area contributed by atoms with Crippen LogP contribution in [-0.2, 0) is 9.84 Å². The zero-order valence-corrected chi connectivity index (χ0v) is 13.1. The molecular formula is C13H13ClN2O2S2. The second-order valence-corrected chi connectivity index (χ2v) is 6.74. The Balaban J connectivity index is 3.35. The van der Waals surface area contributed by atoms with Crippen molar-refractivity contribution in [3.05, 3.63) is 51.9 Å². The van der Waals surface area contributed by atoms with Crippen LogP contribution in [0.15, 0.2) is 51.8 Å². The lowest BCUT2D eigenvalue weighted by molar-refractivity contribution is 0.602. The fourth-order valence-corrected chi connectivity index (χ4v) is 3.70. The van der Waals surface area contributed by atoms with Crippen LogP contribution in [-0.4, -0.2) is 21.2 Å². The first-order valence-corrected chi connectivity index (χ1v) is 8.59. The van der Waals surface area contributed by atoms with Crippen molar-refractivity contribution in [3.63, 3.8) is 0 Å². The van der Waals surface area contributed by atoms with Crippen LogP contribution in [0.4, 0.5) is 0 Å². The van der Waals surface area contributed by atoms with E-state index in [1.807, 2.05) is 0 Å². The maximum absolute atomic E-state index is 12.4. The molecule has 0 saturated heterocycles. The molecule has 20 heavy (non-hydrogen) atoms. The van der Waals surface area contributed by atoms with E-state index in [0.717, 1.165) is 11.8 Å². The molecule has 4 nitrogen and oxygen atoms in total. The van der Waals surface area contributed by atoms with E-state index in [4.69, 9.17) is 11.6 Å². The molecule has 0 amide bonds. The summed E-state index contributed by atoms with van der Waals surface area (Å²) in [5.74, 6) is 0. The van der Waals surface area contributed by atoms with Crippen LogP contribution in [0.1, 0.15) is 0 Å². The molecule has 1 N–H and O–H groups in total. The van der Waals surface area contributed by atoms with Crippen LogP contribution in [0.5, 0.6) is 0 Å². The smallest absolute Gasteiger partial charge is 0.219 e.